The first kappa shape index (κ1) is 21.5. The van der Waals surface area contributed by atoms with Gasteiger partial charge in [-0.3, -0.25) is 14.8 Å². The number of H-pyrrole nitrogens is 2. The lowest BCUT2D eigenvalue weighted by molar-refractivity contribution is 0.0715. The fourth-order valence-corrected chi connectivity index (χ4v) is 5.65. The van der Waals surface area contributed by atoms with E-state index >= 15 is 0 Å². The van der Waals surface area contributed by atoms with Crippen molar-refractivity contribution in [3.05, 3.63) is 59.2 Å². The highest BCUT2D eigenvalue weighted by Crippen LogP contribution is 2.27. The molecule has 2 aromatic carbocycles. The molecule has 0 bridgehead atoms. The molecule has 1 amide bonds. The van der Waals surface area contributed by atoms with Gasteiger partial charge in [-0.25, -0.2) is 0 Å². The fraction of sp³-hybridized carbons (Fsp3) is 0.385. The van der Waals surface area contributed by atoms with Crippen LogP contribution in [0.1, 0.15) is 29.8 Å². The molecule has 2 saturated heterocycles. The van der Waals surface area contributed by atoms with Crippen LogP contribution in [-0.4, -0.2) is 76.2 Å². The maximum Gasteiger partial charge on any atom is 0.270 e. The number of hydrogen-bond acceptors (Lipinski definition) is 4. The Morgan fingerprint density at radius 2 is 1.88 bits per heavy atom. The lowest BCUT2D eigenvalue weighted by Crippen LogP contribution is -2.48. The number of piperazine rings is 1. The van der Waals surface area contributed by atoms with Crippen molar-refractivity contribution < 1.29 is 4.79 Å². The number of halogens is 1. The molecular weight excluding hydrogens is 448 g/mol. The van der Waals surface area contributed by atoms with Gasteiger partial charge in [0, 0.05) is 66.6 Å². The van der Waals surface area contributed by atoms with Crippen molar-refractivity contribution in [3.63, 3.8) is 0 Å². The van der Waals surface area contributed by atoms with E-state index in [-0.39, 0.29) is 5.91 Å². The van der Waals surface area contributed by atoms with Crippen molar-refractivity contribution in [2.45, 2.75) is 25.3 Å². The highest BCUT2D eigenvalue weighted by molar-refractivity contribution is 6.31. The van der Waals surface area contributed by atoms with Gasteiger partial charge < -0.3 is 14.8 Å². The number of nitrogens with zero attached hydrogens (tertiary/aromatic N) is 4. The number of aromatic nitrogens is 3. The van der Waals surface area contributed by atoms with Crippen LogP contribution in [0.4, 0.5) is 5.82 Å². The summed E-state index contributed by atoms with van der Waals surface area (Å²) in [6.07, 6.45) is 3.17. The van der Waals surface area contributed by atoms with Crippen LogP contribution in [0.5, 0.6) is 0 Å². The molecule has 4 aromatic rings. The molecule has 7 nitrogen and oxygen atoms in total. The number of anilines is 1. The van der Waals surface area contributed by atoms with E-state index in [2.05, 4.69) is 48.1 Å². The first-order valence-corrected chi connectivity index (χ1v) is 12.5. The molecule has 2 aliphatic heterocycles. The Bertz CT molecular complexity index is 1320. The molecular formula is C26H29ClN6O. The van der Waals surface area contributed by atoms with Crippen LogP contribution < -0.4 is 4.90 Å². The highest BCUT2D eigenvalue weighted by Gasteiger charge is 2.31. The third-order valence-corrected chi connectivity index (χ3v) is 7.59. The summed E-state index contributed by atoms with van der Waals surface area (Å²) in [5.74, 6) is 1.16. The number of rotatable bonds is 5. The van der Waals surface area contributed by atoms with Crippen molar-refractivity contribution >= 4 is 45.1 Å². The van der Waals surface area contributed by atoms with Crippen LogP contribution in [-0.2, 0) is 0 Å². The number of carbonyl (C=O) groups excluding carboxylic acids is 1. The zero-order chi connectivity index (χ0) is 23.1. The molecule has 1 atom stereocenters. The van der Waals surface area contributed by atoms with Gasteiger partial charge in [-0.1, -0.05) is 29.8 Å². The minimum Gasteiger partial charge on any atom is -0.352 e. The quantitative estimate of drug-likeness (QED) is 0.444. The summed E-state index contributed by atoms with van der Waals surface area (Å²) < 4.78 is 0. The molecule has 8 heteroatoms. The standard InChI is InChI=1S/C26H29ClN6O/c27-19-8-7-18-16-24(28-23(18)17-19)26(34)33-10-3-4-20(33)9-11-31-12-14-32(15-13-31)25-21-5-1-2-6-22(21)29-30-25/h1-2,5-8,16-17,20,28H,3-4,9-15H2,(H,29,30). The summed E-state index contributed by atoms with van der Waals surface area (Å²) in [6, 6.07) is 16.2. The molecule has 34 heavy (non-hydrogen) atoms. The molecule has 176 valence electrons. The van der Waals surface area contributed by atoms with Gasteiger partial charge in [-0.05, 0) is 49.6 Å². The van der Waals surface area contributed by atoms with Gasteiger partial charge in [-0.15, -0.1) is 0 Å². The molecule has 0 saturated carbocycles. The van der Waals surface area contributed by atoms with Gasteiger partial charge in [0.05, 0.1) is 5.52 Å². The average molecular weight is 477 g/mol. The van der Waals surface area contributed by atoms with E-state index in [4.69, 9.17) is 11.6 Å². The Hall–Kier alpha value is -3.03. The van der Waals surface area contributed by atoms with Gasteiger partial charge in [0.1, 0.15) is 5.69 Å². The number of benzene rings is 2. The topological polar surface area (TPSA) is 71.3 Å². The minimum atomic E-state index is 0.102. The Balaban J connectivity index is 1.05. The lowest BCUT2D eigenvalue weighted by atomic mass is 10.1. The number of nitrogens with one attached hydrogen (secondary N) is 2. The van der Waals surface area contributed by atoms with E-state index in [1.54, 1.807) is 0 Å². The molecule has 2 fully saturated rings. The van der Waals surface area contributed by atoms with Gasteiger partial charge in [-0.2, -0.15) is 5.10 Å². The summed E-state index contributed by atoms with van der Waals surface area (Å²) in [7, 11) is 0. The summed E-state index contributed by atoms with van der Waals surface area (Å²) in [5, 5.41) is 10.6. The summed E-state index contributed by atoms with van der Waals surface area (Å²) in [6.45, 7) is 5.83. The Labute approximate surface area is 203 Å². The van der Waals surface area contributed by atoms with E-state index < -0.39 is 0 Å². The van der Waals surface area contributed by atoms with Crippen LogP contribution in [0.15, 0.2) is 48.5 Å². The largest absolute Gasteiger partial charge is 0.352 e. The maximum absolute atomic E-state index is 13.3. The molecule has 4 heterocycles. The number of fused-ring (bicyclic) bond motifs is 2. The number of hydrogen-bond donors (Lipinski definition) is 2. The van der Waals surface area contributed by atoms with Crippen LogP contribution in [0.25, 0.3) is 21.8 Å². The number of aromatic amines is 2. The molecule has 0 aliphatic carbocycles. The summed E-state index contributed by atoms with van der Waals surface area (Å²) in [4.78, 5) is 23.5. The van der Waals surface area contributed by atoms with E-state index in [9.17, 15) is 4.79 Å². The Morgan fingerprint density at radius 3 is 2.76 bits per heavy atom. The smallest absolute Gasteiger partial charge is 0.270 e. The van der Waals surface area contributed by atoms with Crippen LogP contribution in [0, 0.1) is 0 Å². The van der Waals surface area contributed by atoms with E-state index in [1.165, 1.54) is 5.39 Å². The normalized spacial score (nSPS) is 19.5. The van der Waals surface area contributed by atoms with Crippen molar-refractivity contribution in [2.75, 3.05) is 44.2 Å². The zero-order valence-corrected chi connectivity index (χ0v) is 19.9. The van der Waals surface area contributed by atoms with Crippen molar-refractivity contribution in [1.29, 1.82) is 0 Å². The van der Waals surface area contributed by atoms with Gasteiger partial charge in [0.25, 0.3) is 5.91 Å². The van der Waals surface area contributed by atoms with Gasteiger partial charge >= 0.3 is 0 Å². The van der Waals surface area contributed by atoms with Crippen LogP contribution >= 0.6 is 11.6 Å². The molecule has 0 radical (unpaired) electrons. The monoisotopic (exact) mass is 476 g/mol. The predicted molar refractivity (Wildman–Crippen MR) is 137 cm³/mol. The lowest BCUT2D eigenvalue weighted by Gasteiger charge is -2.36. The molecule has 2 aromatic heterocycles. The third-order valence-electron chi connectivity index (χ3n) is 7.35. The number of likely N-dealkylation sites (tertiary alicyclic amines) is 1. The van der Waals surface area contributed by atoms with E-state index in [1.807, 2.05) is 30.3 Å². The molecule has 0 spiro atoms. The number of carbonyl (C=O) groups is 1. The fourth-order valence-electron chi connectivity index (χ4n) is 5.48. The van der Waals surface area contributed by atoms with Crippen molar-refractivity contribution in [1.82, 2.24) is 25.0 Å². The van der Waals surface area contributed by atoms with Gasteiger partial charge in [0.15, 0.2) is 5.82 Å². The Morgan fingerprint density at radius 1 is 1.03 bits per heavy atom. The first-order chi connectivity index (χ1) is 16.7. The van der Waals surface area contributed by atoms with Crippen LogP contribution in [0.3, 0.4) is 0 Å². The maximum atomic E-state index is 13.3. The van der Waals surface area contributed by atoms with E-state index in [0.717, 1.165) is 80.8 Å². The molecule has 2 aliphatic rings. The Kier molecular flexibility index (Phi) is 5.67. The molecule has 6 rings (SSSR count). The summed E-state index contributed by atoms with van der Waals surface area (Å²) >= 11 is 6.11. The summed E-state index contributed by atoms with van der Waals surface area (Å²) in [5.41, 5.74) is 2.65. The van der Waals surface area contributed by atoms with Crippen molar-refractivity contribution in [3.8, 4) is 0 Å². The second-order valence-corrected chi connectivity index (χ2v) is 9.86. The predicted octanol–water partition coefficient (Wildman–Crippen LogP) is 4.51. The van der Waals surface area contributed by atoms with Crippen LogP contribution in [0.2, 0.25) is 5.02 Å². The van der Waals surface area contributed by atoms with E-state index in [0.29, 0.717) is 16.8 Å². The second kappa shape index (κ2) is 8.96. The highest BCUT2D eigenvalue weighted by atomic mass is 35.5. The zero-order valence-electron chi connectivity index (χ0n) is 19.1. The SMILES string of the molecule is O=C(c1cc2ccc(Cl)cc2[nH]1)N1CCCC1CCN1CCN(c2n[nH]c3ccccc23)CC1. The molecule has 1 unspecified atom stereocenters. The average Bonchev–Trinajstić information content (AvgIpc) is 3.60. The van der Waals surface area contributed by atoms with Crippen molar-refractivity contribution in [2.24, 2.45) is 0 Å². The number of para-hydroxylation sites is 1. The first-order valence-electron chi connectivity index (χ1n) is 12.2. The molecule has 2 N–H and O–H groups in total. The van der Waals surface area contributed by atoms with Gasteiger partial charge in [0.2, 0.25) is 0 Å². The second-order valence-electron chi connectivity index (χ2n) is 9.42. The minimum absolute atomic E-state index is 0.102. The number of amides is 1. The third kappa shape index (κ3) is 4.03.